The van der Waals surface area contributed by atoms with Crippen LogP contribution in [0.4, 0.5) is 0 Å². The Balaban J connectivity index is 2.02. The molecular weight excluding hydrogens is 314 g/mol. The van der Waals surface area contributed by atoms with Crippen LogP contribution >= 0.6 is 0 Å². The molecule has 0 saturated heterocycles. The Kier molecular flexibility index (Phi) is 5.43. The Labute approximate surface area is 137 Å². The SMILES string of the molecule is COc1cc(C)c(S(=O)(=O)NCCCn2ccnc2C)cc1C. The van der Waals surface area contributed by atoms with Crippen LogP contribution in [0.3, 0.4) is 0 Å². The van der Waals surface area contributed by atoms with Gasteiger partial charge in [-0.1, -0.05) is 0 Å². The Hall–Kier alpha value is -1.86. The van der Waals surface area contributed by atoms with Crippen LogP contribution in [0, 0.1) is 20.8 Å². The summed E-state index contributed by atoms with van der Waals surface area (Å²) in [5.41, 5.74) is 1.47. The van der Waals surface area contributed by atoms with E-state index in [-0.39, 0.29) is 0 Å². The summed E-state index contributed by atoms with van der Waals surface area (Å²) < 4.78 is 34.8. The number of hydrogen-bond acceptors (Lipinski definition) is 4. The van der Waals surface area contributed by atoms with Crippen molar-refractivity contribution >= 4 is 10.0 Å². The maximum absolute atomic E-state index is 12.5. The van der Waals surface area contributed by atoms with Crippen LogP contribution in [0.1, 0.15) is 23.4 Å². The van der Waals surface area contributed by atoms with Gasteiger partial charge in [-0.25, -0.2) is 18.1 Å². The molecule has 0 aliphatic heterocycles. The van der Waals surface area contributed by atoms with Gasteiger partial charge in [0.05, 0.1) is 12.0 Å². The van der Waals surface area contributed by atoms with Crippen molar-refractivity contribution in [3.05, 3.63) is 41.5 Å². The highest BCUT2D eigenvalue weighted by atomic mass is 32.2. The summed E-state index contributed by atoms with van der Waals surface area (Å²) in [6.45, 7) is 6.64. The zero-order valence-electron chi connectivity index (χ0n) is 14.0. The van der Waals surface area contributed by atoms with Crippen LogP contribution in [-0.4, -0.2) is 31.6 Å². The van der Waals surface area contributed by atoms with Crippen molar-refractivity contribution in [1.82, 2.24) is 14.3 Å². The van der Waals surface area contributed by atoms with Gasteiger partial charge in [-0.3, -0.25) is 0 Å². The quantitative estimate of drug-likeness (QED) is 0.786. The fraction of sp³-hybridized carbons (Fsp3) is 0.438. The average molecular weight is 337 g/mol. The van der Waals surface area contributed by atoms with E-state index in [4.69, 9.17) is 4.74 Å². The molecule has 0 radical (unpaired) electrons. The van der Waals surface area contributed by atoms with Crippen LogP contribution in [0.5, 0.6) is 5.75 Å². The zero-order valence-corrected chi connectivity index (χ0v) is 14.8. The molecule has 0 atom stereocenters. The molecule has 0 saturated carbocycles. The Morgan fingerprint density at radius 1 is 1.22 bits per heavy atom. The van der Waals surface area contributed by atoms with Crippen LogP contribution < -0.4 is 9.46 Å². The first-order valence-corrected chi connectivity index (χ1v) is 8.96. The Morgan fingerprint density at radius 3 is 2.57 bits per heavy atom. The van der Waals surface area contributed by atoms with Gasteiger partial charge in [0, 0.05) is 25.5 Å². The normalized spacial score (nSPS) is 11.7. The minimum atomic E-state index is -3.52. The van der Waals surface area contributed by atoms with Gasteiger partial charge in [0.2, 0.25) is 10.0 Å². The van der Waals surface area contributed by atoms with Gasteiger partial charge in [-0.05, 0) is 50.5 Å². The largest absolute Gasteiger partial charge is 0.496 e. The molecule has 6 nitrogen and oxygen atoms in total. The first-order chi connectivity index (χ1) is 10.8. The summed E-state index contributed by atoms with van der Waals surface area (Å²) in [6, 6.07) is 3.40. The van der Waals surface area contributed by atoms with E-state index in [1.807, 2.05) is 24.6 Å². The summed E-state index contributed by atoms with van der Waals surface area (Å²) in [5, 5.41) is 0. The summed E-state index contributed by atoms with van der Waals surface area (Å²) in [7, 11) is -1.94. The number of benzene rings is 1. The van der Waals surface area contributed by atoms with Crippen LogP contribution in [0.2, 0.25) is 0 Å². The lowest BCUT2D eigenvalue weighted by Crippen LogP contribution is -2.26. The highest BCUT2D eigenvalue weighted by Crippen LogP contribution is 2.25. The topological polar surface area (TPSA) is 73.2 Å². The van der Waals surface area contributed by atoms with E-state index in [2.05, 4.69) is 9.71 Å². The highest BCUT2D eigenvalue weighted by Gasteiger charge is 2.18. The summed E-state index contributed by atoms with van der Waals surface area (Å²) in [6.07, 6.45) is 4.33. The van der Waals surface area contributed by atoms with Crippen molar-refractivity contribution in [2.45, 2.75) is 38.6 Å². The molecule has 126 valence electrons. The molecule has 7 heteroatoms. The monoisotopic (exact) mass is 337 g/mol. The maximum Gasteiger partial charge on any atom is 0.240 e. The molecule has 0 amide bonds. The lowest BCUT2D eigenvalue weighted by Gasteiger charge is -2.13. The number of nitrogens with zero attached hydrogens (tertiary/aromatic N) is 2. The molecule has 1 aromatic heterocycles. The molecule has 0 bridgehead atoms. The number of rotatable bonds is 7. The summed E-state index contributed by atoms with van der Waals surface area (Å²) in [4.78, 5) is 4.44. The number of ether oxygens (including phenoxy) is 1. The number of imidazole rings is 1. The fourth-order valence-corrected chi connectivity index (χ4v) is 3.83. The number of sulfonamides is 1. The maximum atomic E-state index is 12.5. The zero-order chi connectivity index (χ0) is 17.0. The van der Waals surface area contributed by atoms with Crippen molar-refractivity contribution in [3.63, 3.8) is 0 Å². The second-order valence-electron chi connectivity index (χ2n) is 5.51. The summed E-state index contributed by atoms with van der Waals surface area (Å²) in [5.74, 6) is 1.62. The van der Waals surface area contributed by atoms with Gasteiger partial charge in [0.15, 0.2) is 0 Å². The molecule has 1 N–H and O–H groups in total. The standard InChI is InChI=1S/C16H23N3O3S/c1-12-11-16(13(2)10-15(12)22-4)23(20,21)18-6-5-8-19-9-7-17-14(19)3/h7,9-11,18H,5-6,8H2,1-4H3. The van der Waals surface area contributed by atoms with Gasteiger partial charge in [-0.15, -0.1) is 0 Å². The second-order valence-corrected chi connectivity index (χ2v) is 7.24. The molecule has 0 aliphatic carbocycles. The van der Waals surface area contributed by atoms with Gasteiger partial charge in [-0.2, -0.15) is 0 Å². The molecule has 23 heavy (non-hydrogen) atoms. The first kappa shape index (κ1) is 17.5. The van der Waals surface area contributed by atoms with Crippen molar-refractivity contribution in [2.24, 2.45) is 0 Å². The van der Waals surface area contributed by atoms with E-state index in [1.54, 1.807) is 32.4 Å². The van der Waals surface area contributed by atoms with E-state index >= 15 is 0 Å². The average Bonchev–Trinajstić information content (AvgIpc) is 2.91. The number of aromatic nitrogens is 2. The first-order valence-electron chi connectivity index (χ1n) is 7.48. The highest BCUT2D eigenvalue weighted by molar-refractivity contribution is 7.89. The molecule has 2 rings (SSSR count). The number of methoxy groups -OCH3 is 1. The third-order valence-electron chi connectivity index (χ3n) is 3.77. The third kappa shape index (κ3) is 4.11. The Morgan fingerprint density at radius 2 is 1.96 bits per heavy atom. The molecule has 1 aromatic carbocycles. The molecule has 0 aliphatic rings. The van der Waals surface area contributed by atoms with Gasteiger partial charge in [0.25, 0.3) is 0 Å². The van der Waals surface area contributed by atoms with Gasteiger partial charge in [0.1, 0.15) is 11.6 Å². The Bertz CT molecular complexity index is 782. The van der Waals surface area contributed by atoms with Crippen LogP contribution in [0.15, 0.2) is 29.4 Å². The van der Waals surface area contributed by atoms with E-state index in [1.165, 1.54) is 0 Å². The van der Waals surface area contributed by atoms with E-state index < -0.39 is 10.0 Å². The lowest BCUT2D eigenvalue weighted by molar-refractivity contribution is 0.411. The molecule has 0 spiro atoms. The summed E-state index contributed by atoms with van der Waals surface area (Å²) >= 11 is 0. The minimum Gasteiger partial charge on any atom is -0.496 e. The van der Waals surface area contributed by atoms with Crippen molar-refractivity contribution < 1.29 is 13.2 Å². The predicted molar refractivity (Wildman–Crippen MR) is 89.2 cm³/mol. The minimum absolute atomic E-state index is 0.301. The molecule has 2 aromatic rings. The molecule has 1 heterocycles. The third-order valence-corrected chi connectivity index (χ3v) is 5.38. The number of nitrogens with one attached hydrogen (secondary N) is 1. The van der Waals surface area contributed by atoms with Crippen molar-refractivity contribution in [2.75, 3.05) is 13.7 Å². The van der Waals surface area contributed by atoms with Crippen molar-refractivity contribution in [1.29, 1.82) is 0 Å². The van der Waals surface area contributed by atoms with Gasteiger partial charge < -0.3 is 9.30 Å². The van der Waals surface area contributed by atoms with E-state index in [0.29, 0.717) is 29.2 Å². The van der Waals surface area contributed by atoms with Crippen molar-refractivity contribution in [3.8, 4) is 5.75 Å². The fourth-order valence-electron chi connectivity index (χ4n) is 2.45. The number of aryl methyl sites for hydroxylation is 4. The smallest absolute Gasteiger partial charge is 0.240 e. The van der Waals surface area contributed by atoms with E-state index in [0.717, 1.165) is 17.9 Å². The molecule has 0 fully saturated rings. The lowest BCUT2D eigenvalue weighted by atomic mass is 10.1. The predicted octanol–water partition coefficient (Wildman–Crippen LogP) is 2.19. The molecular formula is C16H23N3O3S. The van der Waals surface area contributed by atoms with Gasteiger partial charge >= 0.3 is 0 Å². The van der Waals surface area contributed by atoms with Crippen LogP contribution in [-0.2, 0) is 16.6 Å². The molecule has 0 unspecified atom stereocenters. The van der Waals surface area contributed by atoms with E-state index in [9.17, 15) is 8.42 Å². The van der Waals surface area contributed by atoms with Crippen LogP contribution in [0.25, 0.3) is 0 Å². The second kappa shape index (κ2) is 7.14. The number of hydrogen-bond donors (Lipinski definition) is 1.